The largest absolute Gasteiger partial charge is 0.464 e. The Morgan fingerprint density at radius 2 is 2.00 bits per heavy atom. The summed E-state index contributed by atoms with van der Waals surface area (Å²) in [6, 6.07) is 6.10. The van der Waals surface area contributed by atoms with E-state index < -0.39 is 0 Å². The minimum atomic E-state index is -0.299. The van der Waals surface area contributed by atoms with Gasteiger partial charge in [0.1, 0.15) is 12.4 Å². The highest BCUT2D eigenvalue weighted by molar-refractivity contribution is 5.72. The molecule has 1 unspecified atom stereocenters. The molecule has 0 aromatic heterocycles. The zero-order valence-corrected chi connectivity index (χ0v) is 11.6. The molecule has 0 spiro atoms. The first-order valence-corrected chi connectivity index (χ1v) is 6.79. The molecule has 0 heterocycles. The van der Waals surface area contributed by atoms with Gasteiger partial charge in [0.25, 0.3) is 0 Å². The van der Waals surface area contributed by atoms with Crippen LogP contribution in [0, 0.1) is 5.82 Å². The lowest BCUT2D eigenvalue weighted by Crippen LogP contribution is -2.34. The van der Waals surface area contributed by atoms with E-state index in [-0.39, 0.29) is 24.2 Å². The summed E-state index contributed by atoms with van der Waals surface area (Å²) in [5.74, 6) is -0.574. The Morgan fingerprint density at radius 1 is 1.32 bits per heavy atom. The summed E-state index contributed by atoms with van der Waals surface area (Å²) in [6.07, 6.45) is 2.16. The van der Waals surface area contributed by atoms with Gasteiger partial charge in [-0.1, -0.05) is 26.0 Å². The molecule has 106 valence electrons. The maximum absolute atomic E-state index is 12.7. The van der Waals surface area contributed by atoms with Crippen LogP contribution in [-0.4, -0.2) is 25.2 Å². The number of rotatable bonds is 8. The van der Waals surface area contributed by atoms with Crippen molar-refractivity contribution in [3.05, 3.63) is 35.6 Å². The van der Waals surface area contributed by atoms with Gasteiger partial charge >= 0.3 is 5.97 Å². The van der Waals surface area contributed by atoms with Crippen LogP contribution in [0.2, 0.25) is 0 Å². The molecule has 1 aromatic rings. The van der Waals surface area contributed by atoms with Crippen molar-refractivity contribution in [2.45, 2.75) is 39.2 Å². The highest BCUT2D eigenvalue weighted by Gasteiger charge is 2.10. The van der Waals surface area contributed by atoms with Crippen molar-refractivity contribution in [1.29, 1.82) is 0 Å². The van der Waals surface area contributed by atoms with E-state index >= 15 is 0 Å². The van der Waals surface area contributed by atoms with Gasteiger partial charge < -0.3 is 10.1 Å². The summed E-state index contributed by atoms with van der Waals surface area (Å²) in [4.78, 5) is 11.6. The summed E-state index contributed by atoms with van der Waals surface area (Å²) in [5.41, 5.74) is 0.765. The number of ether oxygens (including phenoxy) is 1. The molecule has 4 heteroatoms. The number of carbonyl (C=O) groups excluding carboxylic acids is 1. The third-order valence-corrected chi connectivity index (χ3v) is 2.88. The molecule has 0 amide bonds. The lowest BCUT2D eigenvalue weighted by atomic mass is 10.1. The van der Waals surface area contributed by atoms with Gasteiger partial charge in [0.2, 0.25) is 0 Å². The zero-order chi connectivity index (χ0) is 14.1. The van der Waals surface area contributed by atoms with Gasteiger partial charge in [0, 0.05) is 6.04 Å². The molecule has 0 fully saturated rings. The van der Waals surface area contributed by atoms with E-state index in [4.69, 9.17) is 4.74 Å². The van der Waals surface area contributed by atoms with Crippen LogP contribution in [0.1, 0.15) is 32.3 Å². The number of nitrogens with one attached hydrogen (secondary N) is 1. The van der Waals surface area contributed by atoms with Crippen LogP contribution < -0.4 is 5.32 Å². The first kappa shape index (κ1) is 15.6. The second-order valence-electron chi connectivity index (χ2n) is 4.55. The maximum atomic E-state index is 12.7. The Hall–Kier alpha value is -1.42. The normalized spacial score (nSPS) is 12.2. The summed E-state index contributed by atoms with van der Waals surface area (Å²) >= 11 is 0. The summed E-state index contributed by atoms with van der Waals surface area (Å²) in [7, 11) is 0. The summed E-state index contributed by atoms with van der Waals surface area (Å²) < 4.78 is 17.9. The smallest absolute Gasteiger partial charge is 0.310 e. The van der Waals surface area contributed by atoms with E-state index in [1.54, 1.807) is 12.1 Å². The fourth-order valence-electron chi connectivity index (χ4n) is 1.68. The van der Waals surface area contributed by atoms with Crippen LogP contribution in [-0.2, 0) is 16.0 Å². The average molecular weight is 267 g/mol. The summed E-state index contributed by atoms with van der Waals surface area (Å²) in [6.45, 7) is 5.46. The number of halogens is 1. The number of carbonyl (C=O) groups is 1. The molecule has 0 aliphatic rings. The van der Waals surface area contributed by atoms with E-state index in [2.05, 4.69) is 19.2 Å². The minimum Gasteiger partial charge on any atom is -0.464 e. The Labute approximate surface area is 114 Å². The first-order chi connectivity index (χ1) is 9.15. The van der Waals surface area contributed by atoms with Gasteiger partial charge in [-0.05, 0) is 37.1 Å². The predicted molar refractivity (Wildman–Crippen MR) is 73.4 cm³/mol. The standard InChI is InChI=1S/C15H22FNO2/c1-3-9-17-14(4-2)11-19-15(18)10-12-5-7-13(16)8-6-12/h5-8,14,17H,3-4,9-11H2,1-2H3. The molecular weight excluding hydrogens is 245 g/mol. The molecule has 0 aliphatic heterocycles. The molecule has 0 bridgehead atoms. The molecule has 1 atom stereocenters. The van der Waals surface area contributed by atoms with Crippen LogP contribution in [0.4, 0.5) is 4.39 Å². The molecule has 0 saturated heterocycles. The maximum Gasteiger partial charge on any atom is 0.310 e. The molecule has 0 aliphatic carbocycles. The SMILES string of the molecule is CCCNC(CC)COC(=O)Cc1ccc(F)cc1. The van der Waals surface area contributed by atoms with Gasteiger partial charge in [-0.25, -0.2) is 4.39 Å². The predicted octanol–water partition coefficient (Wildman–Crippen LogP) is 2.69. The highest BCUT2D eigenvalue weighted by atomic mass is 19.1. The second kappa shape index (κ2) is 8.64. The lowest BCUT2D eigenvalue weighted by Gasteiger charge is -2.16. The van der Waals surface area contributed by atoms with Crippen molar-refractivity contribution < 1.29 is 13.9 Å². The van der Waals surface area contributed by atoms with Crippen molar-refractivity contribution in [3.8, 4) is 0 Å². The molecule has 1 N–H and O–H groups in total. The molecule has 1 rings (SSSR count). The van der Waals surface area contributed by atoms with Gasteiger partial charge in [0.15, 0.2) is 0 Å². The third-order valence-electron chi connectivity index (χ3n) is 2.88. The number of benzene rings is 1. The topological polar surface area (TPSA) is 38.3 Å². The molecule has 19 heavy (non-hydrogen) atoms. The highest BCUT2D eigenvalue weighted by Crippen LogP contribution is 2.05. The molecular formula is C15H22FNO2. The van der Waals surface area contributed by atoms with Crippen molar-refractivity contribution in [2.24, 2.45) is 0 Å². The van der Waals surface area contributed by atoms with Crippen LogP contribution in [0.5, 0.6) is 0 Å². The fraction of sp³-hybridized carbons (Fsp3) is 0.533. The van der Waals surface area contributed by atoms with Crippen LogP contribution in [0.3, 0.4) is 0 Å². The van der Waals surface area contributed by atoms with Crippen molar-refractivity contribution in [1.82, 2.24) is 5.32 Å². The fourth-order valence-corrected chi connectivity index (χ4v) is 1.68. The minimum absolute atomic E-state index is 0.185. The van der Waals surface area contributed by atoms with E-state index in [0.717, 1.165) is 24.9 Å². The molecule has 3 nitrogen and oxygen atoms in total. The van der Waals surface area contributed by atoms with Gasteiger partial charge in [0.05, 0.1) is 6.42 Å². The van der Waals surface area contributed by atoms with E-state index in [1.165, 1.54) is 12.1 Å². The third kappa shape index (κ3) is 6.34. The van der Waals surface area contributed by atoms with Crippen molar-refractivity contribution in [2.75, 3.05) is 13.2 Å². The van der Waals surface area contributed by atoms with Crippen LogP contribution >= 0.6 is 0 Å². The Morgan fingerprint density at radius 3 is 2.58 bits per heavy atom. The van der Waals surface area contributed by atoms with E-state index in [9.17, 15) is 9.18 Å². The molecule has 1 aromatic carbocycles. The molecule has 0 saturated carbocycles. The average Bonchev–Trinajstić information content (AvgIpc) is 2.42. The monoisotopic (exact) mass is 267 g/mol. The van der Waals surface area contributed by atoms with Crippen molar-refractivity contribution in [3.63, 3.8) is 0 Å². The Kier molecular flexibility index (Phi) is 7.11. The summed E-state index contributed by atoms with van der Waals surface area (Å²) in [5, 5.41) is 3.32. The van der Waals surface area contributed by atoms with Gasteiger partial charge in [-0.2, -0.15) is 0 Å². The lowest BCUT2D eigenvalue weighted by molar-refractivity contribution is -0.143. The van der Waals surface area contributed by atoms with Crippen LogP contribution in [0.15, 0.2) is 24.3 Å². The second-order valence-corrected chi connectivity index (χ2v) is 4.55. The van der Waals surface area contributed by atoms with Gasteiger partial charge in [-0.15, -0.1) is 0 Å². The Bertz CT molecular complexity index is 378. The van der Waals surface area contributed by atoms with Crippen LogP contribution in [0.25, 0.3) is 0 Å². The Balaban J connectivity index is 2.32. The number of esters is 1. The van der Waals surface area contributed by atoms with Gasteiger partial charge in [-0.3, -0.25) is 4.79 Å². The number of hydrogen-bond donors (Lipinski definition) is 1. The quantitative estimate of drug-likeness (QED) is 0.736. The van der Waals surface area contributed by atoms with E-state index in [0.29, 0.717) is 6.61 Å². The van der Waals surface area contributed by atoms with E-state index in [1.807, 2.05) is 0 Å². The van der Waals surface area contributed by atoms with Crippen molar-refractivity contribution >= 4 is 5.97 Å². The number of hydrogen-bond acceptors (Lipinski definition) is 3. The first-order valence-electron chi connectivity index (χ1n) is 6.79. The zero-order valence-electron chi connectivity index (χ0n) is 11.6. The molecule has 0 radical (unpaired) electrons.